The Bertz CT molecular complexity index is 686. The number of carboxylic acid groups (broad SMARTS) is 2. The van der Waals surface area contributed by atoms with Crippen molar-refractivity contribution in [2.75, 3.05) is 5.75 Å². The second kappa shape index (κ2) is 20.3. The van der Waals surface area contributed by atoms with Crippen LogP contribution in [0.4, 0.5) is 0 Å². The van der Waals surface area contributed by atoms with Crippen LogP contribution >= 0.6 is 11.8 Å². The largest absolute Gasteiger partial charge is 0.481 e. The minimum Gasteiger partial charge on any atom is -0.481 e. The van der Waals surface area contributed by atoms with Gasteiger partial charge in [0.05, 0.1) is 6.10 Å². The van der Waals surface area contributed by atoms with Crippen LogP contribution in [0.25, 0.3) is 0 Å². The van der Waals surface area contributed by atoms with E-state index in [4.69, 9.17) is 5.11 Å². The van der Waals surface area contributed by atoms with E-state index in [1.807, 2.05) is 24.3 Å². The van der Waals surface area contributed by atoms with Crippen molar-refractivity contribution in [2.24, 2.45) is 0 Å². The van der Waals surface area contributed by atoms with Crippen LogP contribution in [0.3, 0.4) is 0 Å². The van der Waals surface area contributed by atoms with Gasteiger partial charge in [0.25, 0.3) is 0 Å². The topological polar surface area (TPSA) is 124 Å². The van der Waals surface area contributed by atoms with Gasteiger partial charge in [0.1, 0.15) is 6.04 Å². The molecule has 0 aliphatic carbocycles. The Balaban J connectivity index is 4.78. The summed E-state index contributed by atoms with van der Waals surface area (Å²) in [5, 5.41) is 30.5. The van der Waals surface area contributed by atoms with Crippen LogP contribution in [0, 0.1) is 0 Å². The molecular formula is C25H39NO6S. The number of aliphatic hydroxyl groups is 1. The average molecular weight is 482 g/mol. The lowest BCUT2D eigenvalue weighted by molar-refractivity contribution is -0.140. The molecule has 33 heavy (non-hydrogen) atoms. The van der Waals surface area contributed by atoms with Crippen molar-refractivity contribution in [3.63, 3.8) is 0 Å². The van der Waals surface area contributed by atoms with Crippen molar-refractivity contribution in [1.82, 2.24) is 5.32 Å². The van der Waals surface area contributed by atoms with Gasteiger partial charge in [0.2, 0.25) is 5.91 Å². The van der Waals surface area contributed by atoms with Gasteiger partial charge in [-0.3, -0.25) is 9.59 Å². The smallest absolute Gasteiger partial charge is 0.327 e. The first-order chi connectivity index (χ1) is 15.8. The second-order valence-corrected chi connectivity index (χ2v) is 8.85. The van der Waals surface area contributed by atoms with Crippen molar-refractivity contribution in [3.05, 3.63) is 48.6 Å². The van der Waals surface area contributed by atoms with Gasteiger partial charge in [-0.2, -0.15) is 0 Å². The molecule has 1 amide bonds. The fourth-order valence-corrected chi connectivity index (χ4v) is 4.01. The molecule has 1 unspecified atom stereocenters. The predicted molar refractivity (Wildman–Crippen MR) is 134 cm³/mol. The lowest BCUT2D eigenvalue weighted by atomic mass is 10.1. The van der Waals surface area contributed by atoms with Crippen molar-refractivity contribution >= 4 is 29.6 Å². The maximum absolute atomic E-state index is 11.3. The standard InChI is InChI=1S/C25H39NO6S/c1-3-4-5-6-7-8-9-10-11-12-13-14-17-23(22(28)16-15-18-24(29)30)33-19-21(25(31)32)26-20(2)27/h7-8,10-14,17,21-23,28H,3-6,9,15-16,18-19H2,1-2H3,(H,26,27)(H,29,30)(H,31,32)/b8-7+,11-10+,13-12+,17-14+/t21?,22-,23+/m0/s1. The fraction of sp³-hybridized carbons (Fsp3) is 0.560. The quantitative estimate of drug-likeness (QED) is 0.122. The lowest BCUT2D eigenvalue weighted by Gasteiger charge is -2.21. The first-order valence-electron chi connectivity index (χ1n) is 11.4. The average Bonchev–Trinajstić information content (AvgIpc) is 2.74. The van der Waals surface area contributed by atoms with E-state index >= 15 is 0 Å². The molecule has 8 heteroatoms. The molecule has 0 radical (unpaired) electrons. The summed E-state index contributed by atoms with van der Waals surface area (Å²) in [4.78, 5) is 33.3. The number of nitrogens with one attached hydrogen (secondary N) is 1. The van der Waals surface area contributed by atoms with E-state index in [1.165, 1.54) is 37.9 Å². The third kappa shape index (κ3) is 18.9. The number of thioether (sulfide) groups is 1. The summed E-state index contributed by atoms with van der Waals surface area (Å²) < 4.78 is 0. The highest BCUT2D eigenvalue weighted by Gasteiger charge is 2.23. The molecule has 3 atom stereocenters. The summed E-state index contributed by atoms with van der Waals surface area (Å²) in [5.74, 6) is -2.44. The van der Waals surface area contributed by atoms with E-state index in [0.29, 0.717) is 6.42 Å². The first-order valence-corrected chi connectivity index (χ1v) is 12.5. The molecule has 0 aliphatic rings. The van der Waals surface area contributed by atoms with Gasteiger partial charge in [0, 0.05) is 24.3 Å². The highest BCUT2D eigenvalue weighted by atomic mass is 32.2. The van der Waals surface area contributed by atoms with Crippen molar-refractivity contribution in [2.45, 2.75) is 82.6 Å². The van der Waals surface area contributed by atoms with Crippen LogP contribution in [0.15, 0.2) is 48.6 Å². The van der Waals surface area contributed by atoms with Gasteiger partial charge >= 0.3 is 11.9 Å². The Morgan fingerprint density at radius 1 is 0.970 bits per heavy atom. The van der Waals surface area contributed by atoms with Crippen molar-refractivity contribution in [3.8, 4) is 0 Å². The Morgan fingerprint density at radius 3 is 2.33 bits per heavy atom. The van der Waals surface area contributed by atoms with Crippen LogP contribution < -0.4 is 5.32 Å². The lowest BCUT2D eigenvalue weighted by Crippen LogP contribution is -2.42. The molecule has 0 aromatic carbocycles. The number of allylic oxidation sites excluding steroid dienone is 7. The molecule has 0 spiro atoms. The van der Waals surface area contributed by atoms with Crippen LogP contribution in [-0.2, 0) is 14.4 Å². The summed E-state index contributed by atoms with van der Waals surface area (Å²) in [7, 11) is 0. The summed E-state index contributed by atoms with van der Waals surface area (Å²) in [6.45, 7) is 3.44. The van der Waals surface area contributed by atoms with Crippen LogP contribution in [0.5, 0.6) is 0 Å². The molecule has 0 rings (SSSR count). The van der Waals surface area contributed by atoms with Crippen LogP contribution in [-0.4, -0.2) is 56.3 Å². The minimum absolute atomic E-state index is 0.0421. The summed E-state index contributed by atoms with van der Waals surface area (Å²) in [6, 6.07) is -1.07. The number of carboxylic acids is 2. The van der Waals surface area contributed by atoms with Gasteiger partial charge in [-0.25, -0.2) is 4.79 Å². The minimum atomic E-state index is -1.15. The zero-order valence-electron chi connectivity index (χ0n) is 19.7. The summed E-state index contributed by atoms with van der Waals surface area (Å²) in [6.07, 6.45) is 20.9. The molecule has 0 heterocycles. The Labute approximate surface area is 201 Å². The number of carbonyl (C=O) groups is 3. The van der Waals surface area contributed by atoms with Crippen LogP contribution in [0.2, 0.25) is 0 Å². The van der Waals surface area contributed by atoms with Gasteiger partial charge in [-0.1, -0.05) is 68.4 Å². The zero-order chi connectivity index (χ0) is 24.9. The maximum Gasteiger partial charge on any atom is 0.327 e. The second-order valence-electron chi connectivity index (χ2n) is 7.64. The molecule has 0 bridgehead atoms. The molecule has 0 fully saturated rings. The van der Waals surface area contributed by atoms with Crippen molar-refractivity contribution in [1.29, 1.82) is 0 Å². The van der Waals surface area contributed by atoms with Gasteiger partial charge < -0.3 is 20.6 Å². The molecule has 0 aromatic heterocycles. The van der Waals surface area contributed by atoms with E-state index in [0.717, 1.165) is 12.8 Å². The summed E-state index contributed by atoms with van der Waals surface area (Å²) in [5.41, 5.74) is 0. The zero-order valence-corrected chi connectivity index (χ0v) is 20.5. The number of amides is 1. The fourth-order valence-electron chi connectivity index (χ4n) is 2.81. The van der Waals surface area contributed by atoms with E-state index in [2.05, 4.69) is 24.4 Å². The van der Waals surface area contributed by atoms with Gasteiger partial charge in [0.15, 0.2) is 0 Å². The Hall–Kier alpha value is -2.32. The maximum atomic E-state index is 11.3. The predicted octanol–water partition coefficient (Wildman–Crippen LogP) is 4.49. The van der Waals surface area contributed by atoms with Crippen LogP contribution in [0.1, 0.15) is 65.2 Å². The van der Waals surface area contributed by atoms with Gasteiger partial charge in [-0.05, 0) is 32.1 Å². The highest BCUT2D eigenvalue weighted by molar-refractivity contribution is 8.00. The third-order valence-corrected chi connectivity index (χ3v) is 5.97. The van der Waals surface area contributed by atoms with E-state index in [-0.39, 0.29) is 18.6 Å². The number of aliphatic carboxylic acids is 2. The van der Waals surface area contributed by atoms with E-state index < -0.39 is 35.2 Å². The van der Waals surface area contributed by atoms with Crippen molar-refractivity contribution < 1.29 is 29.7 Å². The molecular weight excluding hydrogens is 442 g/mol. The number of aliphatic hydroxyl groups excluding tert-OH is 1. The molecule has 0 saturated heterocycles. The Kier molecular flexibility index (Phi) is 18.9. The van der Waals surface area contributed by atoms with Gasteiger partial charge in [-0.15, -0.1) is 11.8 Å². The molecule has 186 valence electrons. The SMILES string of the molecule is CCCCC/C=C/C/C=C/C=C/C=C/[C@@H](SCC(NC(C)=O)C(=O)O)[C@@H](O)CCCC(=O)O. The number of unbranched alkanes of at least 4 members (excludes halogenated alkanes) is 3. The number of hydrogen-bond acceptors (Lipinski definition) is 5. The highest BCUT2D eigenvalue weighted by Crippen LogP contribution is 2.21. The number of hydrogen-bond donors (Lipinski definition) is 4. The van der Waals surface area contributed by atoms with E-state index in [1.54, 1.807) is 12.2 Å². The van der Waals surface area contributed by atoms with E-state index in [9.17, 15) is 24.6 Å². The third-order valence-electron chi connectivity index (χ3n) is 4.58. The number of rotatable bonds is 19. The normalized spacial score (nSPS) is 14.9. The Morgan fingerprint density at radius 2 is 1.70 bits per heavy atom. The summed E-state index contributed by atoms with van der Waals surface area (Å²) >= 11 is 1.21. The molecule has 0 aliphatic heterocycles. The molecule has 7 nitrogen and oxygen atoms in total. The number of carbonyl (C=O) groups excluding carboxylic acids is 1. The molecule has 0 aromatic rings. The molecule has 4 N–H and O–H groups in total. The molecule has 0 saturated carbocycles. The first kappa shape index (κ1) is 30.7. The monoisotopic (exact) mass is 481 g/mol.